The van der Waals surface area contributed by atoms with Crippen LogP contribution >= 0.6 is 0 Å². The lowest BCUT2D eigenvalue weighted by molar-refractivity contribution is 0.143. The van der Waals surface area contributed by atoms with E-state index in [0.29, 0.717) is 25.6 Å². The third-order valence-corrected chi connectivity index (χ3v) is 4.24. The highest BCUT2D eigenvalue weighted by molar-refractivity contribution is 5.89. The van der Waals surface area contributed by atoms with E-state index in [0.717, 1.165) is 24.1 Å². The van der Waals surface area contributed by atoms with Crippen molar-refractivity contribution in [3.05, 3.63) is 48.3 Å². The van der Waals surface area contributed by atoms with Gasteiger partial charge in [-0.2, -0.15) is 5.10 Å². The van der Waals surface area contributed by atoms with Gasteiger partial charge in [0, 0.05) is 37.8 Å². The second kappa shape index (κ2) is 7.28. The number of nitrogens with one attached hydrogen (secondary N) is 1. The summed E-state index contributed by atoms with van der Waals surface area (Å²) in [6, 6.07) is 9.64. The lowest BCUT2D eigenvalue weighted by Gasteiger charge is -2.31. The molecule has 2 N–H and O–H groups in total. The molecule has 0 aliphatic carbocycles. The van der Waals surface area contributed by atoms with Crippen LogP contribution in [0.2, 0.25) is 0 Å². The van der Waals surface area contributed by atoms with E-state index in [9.17, 15) is 4.79 Å². The first-order chi connectivity index (χ1) is 11.2. The van der Waals surface area contributed by atoms with Crippen molar-refractivity contribution >= 4 is 11.7 Å². The number of anilines is 1. The normalized spacial score (nSPS) is 15.6. The summed E-state index contributed by atoms with van der Waals surface area (Å²) in [5.41, 5.74) is 1.88. The van der Waals surface area contributed by atoms with Crippen molar-refractivity contribution in [2.24, 2.45) is 5.92 Å². The smallest absolute Gasteiger partial charge is 0.321 e. The number of benzene rings is 1. The quantitative estimate of drug-likeness (QED) is 0.908. The second-order valence-corrected chi connectivity index (χ2v) is 5.95. The van der Waals surface area contributed by atoms with E-state index < -0.39 is 0 Å². The summed E-state index contributed by atoms with van der Waals surface area (Å²) in [6.45, 7) is 2.29. The number of hydrogen-bond donors (Lipinski definition) is 2. The first-order valence-corrected chi connectivity index (χ1v) is 7.98. The van der Waals surface area contributed by atoms with Crippen LogP contribution in [-0.2, 0) is 6.54 Å². The summed E-state index contributed by atoms with van der Waals surface area (Å²) in [6.07, 6.45) is 5.39. The minimum absolute atomic E-state index is 0.0716. The van der Waals surface area contributed by atoms with Gasteiger partial charge < -0.3 is 15.3 Å². The first-order valence-electron chi connectivity index (χ1n) is 7.98. The minimum Gasteiger partial charge on any atom is -0.396 e. The van der Waals surface area contributed by atoms with Crippen LogP contribution in [0.3, 0.4) is 0 Å². The lowest BCUT2D eigenvalue weighted by Crippen LogP contribution is -2.41. The Morgan fingerprint density at radius 3 is 2.83 bits per heavy atom. The lowest BCUT2D eigenvalue weighted by atomic mass is 9.98. The van der Waals surface area contributed by atoms with E-state index in [1.54, 1.807) is 6.20 Å². The maximum absolute atomic E-state index is 12.3. The highest BCUT2D eigenvalue weighted by atomic mass is 16.3. The van der Waals surface area contributed by atoms with E-state index in [-0.39, 0.29) is 12.6 Å². The average Bonchev–Trinajstić information content (AvgIpc) is 3.08. The van der Waals surface area contributed by atoms with Gasteiger partial charge in [0.25, 0.3) is 0 Å². The molecule has 0 spiro atoms. The number of aromatic nitrogens is 2. The Hall–Kier alpha value is -2.34. The Morgan fingerprint density at radius 2 is 2.13 bits per heavy atom. The Balaban J connectivity index is 1.58. The standard InChI is InChI=1S/C17H22N4O2/c22-13-14-5-9-20(10-6-14)17(23)19-16-4-1-3-15(11-16)12-21-8-2-7-18-21/h1-4,7-8,11,14,22H,5-6,9-10,12-13H2,(H,19,23). The summed E-state index contributed by atoms with van der Waals surface area (Å²) in [5, 5.41) is 16.3. The summed E-state index contributed by atoms with van der Waals surface area (Å²) < 4.78 is 1.85. The van der Waals surface area contributed by atoms with Gasteiger partial charge in [-0.25, -0.2) is 4.79 Å². The molecule has 0 bridgehead atoms. The van der Waals surface area contributed by atoms with Crippen molar-refractivity contribution in [3.8, 4) is 0 Å². The molecule has 1 aliphatic heterocycles. The fourth-order valence-corrected chi connectivity index (χ4v) is 2.85. The van der Waals surface area contributed by atoms with Crippen molar-refractivity contribution in [2.75, 3.05) is 25.0 Å². The molecule has 6 heteroatoms. The molecule has 1 aromatic heterocycles. The predicted molar refractivity (Wildman–Crippen MR) is 88.2 cm³/mol. The Bertz CT molecular complexity index is 634. The van der Waals surface area contributed by atoms with Gasteiger partial charge in [-0.15, -0.1) is 0 Å². The zero-order chi connectivity index (χ0) is 16.1. The van der Waals surface area contributed by atoms with Crippen molar-refractivity contribution in [1.29, 1.82) is 0 Å². The van der Waals surface area contributed by atoms with Crippen LogP contribution in [-0.4, -0.2) is 45.5 Å². The number of nitrogens with zero attached hydrogens (tertiary/aromatic N) is 3. The van der Waals surface area contributed by atoms with Crippen LogP contribution in [0.25, 0.3) is 0 Å². The summed E-state index contributed by atoms with van der Waals surface area (Å²) in [7, 11) is 0. The van der Waals surface area contributed by atoms with E-state index in [1.165, 1.54) is 0 Å². The number of hydrogen-bond acceptors (Lipinski definition) is 3. The molecule has 2 aromatic rings. The van der Waals surface area contributed by atoms with Crippen LogP contribution < -0.4 is 5.32 Å². The van der Waals surface area contributed by atoms with Gasteiger partial charge in [0.05, 0.1) is 6.54 Å². The highest BCUT2D eigenvalue weighted by Gasteiger charge is 2.22. The molecular formula is C17H22N4O2. The Kier molecular flexibility index (Phi) is 4.92. The zero-order valence-electron chi connectivity index (χ0n) is 13.1. The second-order valence-electron chi connectivity index (χ2n) is 5.95. The van der Waals surface area contributed by atoms with Crippen LogP contribution in [0.5, 0.6) is 0 Å². The fraction of sp³-hybridized carbons (Fsp3) is 0.412. The molecule has 0 atom stereocenters. The zero-order valence-corrected chi connectivity index (χ0v) is 13.1. The van der Waals surface area contributed by atoms with Gasteiger partial charge in [-0.3, -0.25) is 4.68 Å². The van der Waals surface area contributed by atoms with Gasteiger partial charge in [-0.1, -0.05) is 12.1 Å². The molecule has 2 heterocycles. The topological polar surface area (TPSA) is 70.4 Å². The maximum atomic E-state index is 12.3. The monoisotopic (exact) mass is 314 g/mol. The first kappa shape index (κ1) is 15.6. The molecule has 1 saturated heterocycles. The molecule has 3 rings (SSSR count). The Morgan fingerprint density at radius 1 is 1.30 bits per heavy atom. The third-order valence-electron chi connectivity index (χ3n) is 4.24. The fourth-order valence-electron chi connectivity index (χ4n) is 2.85. The van der Waals surface area contributed by atoms with E-state index >= 15 is 0 Å². The molecule has 2 amide bonds. The van der Waals surface area contributed by atoms with Crippen molar-refractivity contribution < 1.29 is 9.90 Å². The number of urea groups is 1. The Labute approximate surface area is 135 Å². The van der Waals surface area contributed by atoms with Gasteiger partial charge in [0.1, 0.15) is 0 Å². The number of likely N-dealkylation sites (tertiary alicyclic amines) is 1. The molecule has 23 heavy (non-hydrogen) atoms. The molecule has 0 unspecified atom stereocenters. The van der Waals surface area contributed by atoms with Crippen molar-refractivity contribution in [3.63, 3.8) is 0 Å². The average molecular weight is 314 g/mol. The van der Waals surface area contributed by atoms with Gasteiger partial charge in [0.2, 0.25) is 0 Å². The molecular weight excluding hydrogens is 292 g/mol. The molecule has 6 nitrogen and oxygen atoms in total. The number of piperidine rings is 1. The van der Waals surface area contributed by atoms with Gasteiger partial charge >= 0.3 is 6.03 Å². The van der Waals surface area contributed by atoms with Crippen LogP contribution in [0, 0.1) is 5.92 Å². The molecule has 1 aliphatic rings. The molecule has 0 radical (unpaired) electrons. The molecule has 122 valence electrons. The number of aliphatic hydroxyl groups is 1. The summed E-state index contributed by atoms with van der Waals surface area (Å²) >= 11 is 0. The largest absolute Gasteiger partial charge is 0.396 e. The van der Waals surface area contributed by atoms with Crippen molar-refractivity contribution in [2.45, 2.75) is 19.4 Å². The molecule has 0 saturated carbocycles. The van der Waals surface area contributed by atoms with E-state index in [2.05, 4.69) is 10.4 Å². The number of aliphatic hydroxyl groups excluding tert-OH is 1. The van der Waals surface area contributed by atoms with E-state index in [4.69, 9.17) is 5.11 Å². The van der Waals surface area contributed by atoms with Gasteiger partial charge in [0.15, 0.2) is 0 Å². The van der Waals surface area contributed by atoms with Crippen LogP contribution in [0.15, 0.2) is 42.7 Å². The molecule has 1 fully saturated rings. The summed E-state index contributed by atoms with van der Waals surface area (Å²) in [4.78, 5) is 14.1. The van der Waals surface area contributed by atoms with Crippen LogP contribution in [0.4, 0.5) is 10.5 Å². The maximum Gasteiger partial charge on any atom is 0.321 e. The number of carbonyl (C=O) groups excluding carboxylic acids is 1. The van der Waals surface area contributed by atoms with Crippen LogP contribution in [0.1, 0.15) is 18.4 Å². The van der Waals surface area contributed by atoms with E-state index in [1.807, 2.05) is 46.1 Å². The third kappa shape index (κ3) is 4.10. The predicted octanol–water partition coefficient (Wildman–Crippen LogP) is 2.17. The number of amides is 2. The SMILES string of the molecule is O=C(Nc1cccc(Cn2cccn2)c1)N1CCC(CO)CC1. The number of carbonyl (C=O) groups is 1. The minimum atomic E-state index is -0.0716. The van der Waals surface area contributed by atoms with Crippen molar-refractivity contribution in [1.82, 2.24) is 14.7 Å². The highest BCUT2D eigenvalue weighted by Crippen LogP contribution is 2.18. The number of rotatable bonds is 4. The molecule has 1 aromatic carbocycles. The van der Waals surface area contributed by atoms with Gasteiger partial charge in [-0.05, 0) is 42.5 Å². The summed E-state index contributed by atoms with van der Waals surface area (Å²) in [5.74, 6) is 0.330.